The maximum absolute atomic E-state index is 11.0. The molecule has 0 amide bonds. The number of hydrogen-bond donors (Lipinski definition) is 0. The number of carbonyl (C=O) groups excluding carboxylic acids is 1. The molecule has 1 aromatic carbocycles. The molecule has 0 N–H and O–H groups in total. The van der Waals surface area contributed by atoms with Gasteiger partial charge in [0.25, 0.3) is 0 Å². The van der Waals surface area contributed by atoms with Gasteiger partial charge in [-0.25, -0.2) is 4.21 Å². The summed E-state index contributed by atoms with van der Waals surface area (Å²) in [6.45, 7) is 1.39. The SMILES string of the molecule is CC(=O)c1cccc(S(=O)Cl)c1Cl. The number of benzene rings is 1. The second kappa shape index (κ2) is 4.22. The quantitative estimate of drug-likeness (QED) is 0.585. The van der Waals surface area contributed by atoms with Gasteiger partial charge in [-0.15, -0.1) is 0 Å². The highest BCUT2D eigenvalue weighted by Gasteiger charge is 2.12. The van der Waals surface area contributed by atoms with Crippen LogP contribution in [0, 0.1) is 0 Å². The Balaban J connectivity index is 3.35. The molecular weight excluding hydrogens is 231 g/mol. The lowest BCUT2D eigenvalue weighted by atomic mass is 10.1. The van der Waals surface area contributed by atoms with Crippen LogP contribution in [0.4, 0.5) is 0 Å². The van der Waals surface area contributed by atoms with E-state index in [1.807, 2.05) is 0 Å². The lowest BCUT2D eigenvalue weighted by molar-refractivity contribution is 0.101. The first-order chi connectivity index (χ1) is 6.04. The van der Waals surface area contributed by atoms with Crippen LogP contribution in [0.15, 0.2) is 23.1 Å². The molecule has 0 spiro atoms. The Morgan fingerprint density at radius 2 is 2.08 bits per heavy atom. The van der Waals surface area contributed by atoms with Crippen molar-refractivity contribution in [1.82, 2.24) is 0 Å². The van der Waals surface area contributed by atoms with Crippen LogP contribution in [-0.2, 0) is 10.0 Å². The van der Waals surface area contributed by atoms with Crippen LogP contribution >= 0.6 is 22.3 Å². The zero-order valence-corrected chi connectivity index (χ0v) is 9.04. The molecule has 1 rings (SSSR count). The van der Waals surface area contributed by atoms with E-state index in [-0.39, 0.29) is 15.7 Å². The third kappa shape index (κ3) is 2.30. The highest BCUT2D eigenvalue weighted by atomic mass is 35.7. The van der Waals surface area contributed by atoms with Crippen molar-refractivity contribution in [3.63, 3.8) is 0 Å². The average Bonchev–Trinajstić information content (AvgIpc) is 2.03. The largest absolute Gasteiger partial charge is 0.294 e. The minimum atomic E-state index is -1.68. The summed E-state index contributed by atoms with van der Waals surface area (Å²) >= 11 is 5.80. The average molecular weight is 237 g/mol. The van der Waals surface area contributed by atoms with Gasteiger partial charge in [0.1, 0.15) is 10.0 Å². The van der Waals surface area contributed by atoms with Crippen molar-refractivity contribution in [1.29, 1.82) is 0 Å². The molecule has 1 aromatic rings. The molecule has 0 bridgehead atoms. The summed E-state index contributed by atoms with van der Waals surface area (Å²) in [7, 11) is 3.68. The van der Waals surface area contributed by atoms with Crippen LogP contribution in [-0.4, -0.2) is 9.99 Å². The molecule has 0 saturated carbocycles. The molecule has 1 unspecified atom stereocenters. The normalized spacial score (nSPS) is 12.5. The van der Waals surface area contributed by atoms with Crippen molar-refractivity contribution in [3.05, 3.63) is 28.8 Å². The van der Waals surface area contributed by atoms with Crippen molar-refractivity contribution in [2.45, 2.75) is 11.8 Å². The Hall–Kier alpha value is -0.380. The van der Waals surface area contributed by atoms with E-state index in [1.54, 1.807) is 12.1 Å². The molecule has 0 saturated heterocycles. The van der Waals surface area contributed by atoms with Gasteiger partial charge in [0.2, 0.25) is 0 Å². The first-order valence-electron chi connectivity index (χ1n) is 3.41. The van der Waals surface area contributed by atoms with E-state index < -0.39 is 10.0 Å². The van der Waals surface area contributed by atoms with Gasteiger partial charge in [0, 0.05) is 5.56 Å². The van der Waals surface area contributed by atoms with Crippen LogP contribution in [0.25, 0.3) is 0 Å². The van der Waals surface area contributed by atoms with Gasteiger partial charge in [0.05, 0.1) is 9.92 Å². The van der Waals surface area contributed by atoms with Gasteiger partial charge in [0.15, 0.2) is 5.78 Å². The van der Waals surface area contributed by atoms with Gasteiger partial charge in [-0.3, -0.25) is 4.79 Å². The highest BCUT2D eigenvalue weighted by Crippen LogP contribution is 2.25. The van der Waals surface area contributed by atoms with E-state index in [0.717, 1.165) is 0 Å². The Morgan fingerprint density at radius 3 is 2.54 bits per heavy atom. The van der Waals surface area contributed by atoms with E-state index in [0.29, 0.717) is 5.56 Å². The van der Waals surface area contributed by atoms with Crippen molar-refractivity contribution >= 4 is 38.1 Å². The van der Waals surface area contributed by atoms with Crippen molar-refractivity contribution in [3.8, 4) is 0 Å². The second-order valence-electron chi connectivity index (χ2n) is 2.40. The zero-order chi connectivity index (χ0) is 10.0. The van der Waals surface area contributed by atoms with Gasteiger partial charge < -0.3 is 0 Å². The summed E-state index contributed by atoms with van der Waals surface area (Å²) in [6, 6.07) is 4.69. The van der Waals surface area contributed by atoms with Crippen LogP contribution < -0.4 is 0 Å². The zero-order valence-electron chi connectivity index (χ0n) is 6.71. The monoisotopic (exact) mass is 236 g/mol. The molecule has 0 aliphatic rings. The summed E-state index contributed by atoms with van der Waals surface area (Å²) in [5.41, 5.74) is 0.341. The number of halogens is 2. The minimum Gasteiger partial charge on any atom is -0.294 e. The van der Waals surface area contributed by atoms with Gasteiger partial charge in [-0.1, -0.05) is 17.7 Å². The van der Waals surface area contributed by atoms with Crippen LogP contribution in [0.1, 0.15) is 17.3 Å². The molecule has 2 nitrogen and oxygen atoms in total. The fraction of sp³-hybridized carbons (Fsp3) is 0.125. The molecule has 13 heavy (non-hydrogen) atoms. The van der Waals surface area contributed by atoms with Crippen LogP contribution in [0.5, 0.6) is 0 Å². The fourth-order valence-corrected chi connectivity index (χ4v) is 2.32. The number of carbonyl (C=O) groups is 1. The Morgan fingerprint density at radius 1 is 1.46 bits per heavy atom. The molecule has 0 radical (unpaired) electrons. The van der Waals surface area contributed by atoms with Crippen molar-refractivity contribution in [2.75, 3.05) is 0 Å². The molecule has 0 aromatic heterocycles. The molecule has 5 heteroatoms. The minimum absolute atomic E-state index is 0.170. The lowest BCUT2D eigenvalue weighted by Gasteiger charge is -2.02. The summed E-state index contributed by atoms with van der Waals surface area (Å²) in [4.78, 5) is 11.3. The topological polar surface area (TPSA) is 34.1 Å². The molecular formula is C8H6Cl2O2S. The predicted octanol–water partition coefficient (Wildman–Crippen LogP) is 2.80. The van der Waals surface area contributed by atoms with Gasteiger partial charge in [-0.2, -0.15) is 0 Å². The third-order valence-electron chi connectivity index (χ3n) is 1.52. The second-order valence-corrected chi connectivity index (χ2v) is 4.50. The molecule has 0 aliphatic carbocycles. The molecule has 70 valence electrons. The van der Waals surface area contributed by atoms with E-state index in [2.05, 4.69) is 0 Å². The standard InChI is InChI=1S/C8H6Cl2O2S/c1-5(11)6-3-2-4-7(8(6)9)13(10)12/h2-4H,1H3. The summed E-state index contributed by atoms with van der Waals surface area (Å²) in [5.74, 6) is -0.172. The van der Waals surface area contributed by atoms with Crippen molar-refractivity contribution in [2.24, 2.45) is 0 Å². The first-order valence-corrected chi connectivity index (χ1v) is 5.77. The number of ketones is 1. The van der Waals surface area contributed by atoms with Gasteiger partial charge >= 0.3 is 0 Å². The lowest BCUT2D eigenvalue weighted by Crippen LogP contribution is -1.96. The smallest absolute Gasteiger partial charge is 0.161 e. The van der Waals surface area contributed by atoms with E-state index in [4.69, 9.17) is 22.3 Å². The van der Waals surface area contributed by atoms with Crippen molar-refractivity contribution < 1.29 is 9.00 Å². The van der Waals surface area contributed by atoms with Gasteiger partial charge in [-0.05, 0) is 29.7 Å². The Kier molecular flexibility index (Phi) is 3.47. The number of Topliss-reactive ketones (excluding diaryl/α,β-unsaturated/α-hetero) is 1. The number of hydrogen-bond acceptors (Lipinski definition) is 2. The summed E-state index contributed by atoms with van der Waals surface area (Å²) in [5, 5.41) is 0.170. The Bertz CT molecular complexity index is 344. The van der Waals surface area contributed by atoms with Crippen LogP contribution in [0.3, 0.4) is 0 Å². The fourth-order valence-electron chi connectivity index (χ4n) is 0.907. The number of rotatable bonds is 2. The summed E-state index contributed by atoms with van der Waals surface area (Å²) in [6.07, 6.45) is 0. The maximum Gasteiger partial charge on any atom is 0.161 e. The summed E-state index contributed by atoms with van der Waals surface area (Å²) < 4.78 is 10.9. The van der Waals surface area contributed by atoms with Crippen LogP contribution in [0.2, 0.25) is 5.02 Å². The maximum atomic E-state index is 11.0. The predicted molar refractivity (Wildman–Crippen MR) is 53.7 cm³/mol. The van der Waals surface area contributed by atoms with E-state index in [9.17, 15) is 9.00 Å². The van der Waals surface area contributed by atoms with E-state index in [1.165, 1.54) is 13.0 Å². The Labute approximate surface area is 87.8 Å². The third-order valence-corrected chi connectivity index (χ3v) is 3.22. The first kappa shape index (κ1) is 10.7. The molecule has 0 fully saturated rings. The van der Waals surface area contributed by atoms with E-state index >= 15 is 0 Å². The molecule has 0 heterocycles. The highest BCUT2D eigenvalue weighted by molar-refractivity contribution is 8.08. The molecule has 1 atom stereocenters. The molecule has 0 aliphatic heterocycles.